The van der Waals surface area contributed by atoms with E-state index >= 15 is 0 Å². The zero-order chi connectivity index (χ0) is 18.9. The summed E-state index contributed by atoms with van der Waals surface area (Å²) in [6.07, 6.45) is 2.34. The van der Waals surface area contributed by atoms with E-state index in [1.54, 1.807) is 6.07 Å². The van der Waals surface area contributed by atoms with Crippen molar-refractivity contribution in [2.45, 2.75) is 30.2 Å². The lowest BCUT2D eigenvalue weighted by molar-refractivity contribution is 0.0596. The summed E-state index contributed by atoms with van der Waals surface area (Å²) >= 11 is 5.95. The highest BCUT2D eigenvalue weighted by atomic mass is 35.5. The molecule has 0 saturated carbocycles. The van der Waals surface area contributed by atoms with E-state index in [0.29, 0.717) is 12.1 Å². The van der Waals surface area contributed by atoms with Crippen LogP contribution >= 0.6 is 11.6 Å². The first-order valence-electron chi connectivity index (χ1n) is 8.10. The lowest BCUT2D eigenvalue weighted by Gasteiger charge is -2.26. The average molecular weight is 395 g/mol. The summed E-state index contributed by atoms with van der Waals surface area (Å²) in [7, 11) is -2.79. The Hall–Kier alpha value is -2.09. The molecule has 1 aliphatic carbocycles. The van der Waals surface area contributed by atoms with E-state index in [1.165, 1.54) is 25.3 Å². The number of nitrogens with two attached hydrogens (primary N) is 1. The van der Waals surface area contributed by atoms with E-state index in [0.717, 1.165) is 24.0 Å². The van der Waals surface area contributed by atoms with Crippen molar-refractivity contribution in [1.29, 1.82) is 0 Å². The molecule has 0 heterocycles. The first-order chi connectivity index (χ1) is 12.3. The third kappa shape index (κ3) is 3.70. The van der Waals surface area contributed by atoms with Crippen molar-refractivity contribution in [3.8, 4) is 0 Å². The van der Waals surface area contributed by atoms with E-state index in [4.69, 9.17) is 17.3 Å². The number of anilines is 1. The van der Waals surface area contributed by atoms with Gasteiger partial charge in [-0.2, -0.15) is 0 Å². The monoisotopic (exact) mass is 394 g/mol. The number of hydrogen-bond donors (Lipinski definition) is 2. The highest BCUT2D eigenvalue weighted by molar-refractivity contribution is 7.89. The van der Waals surface area contributed by atoms with Gasteiger partial charge < -0.3 is 10.5 Å². The molecule has 0 aliphatic heterocycles. The molecule has 0 radical (unpaired) electrons. The third-order valence-electron chi connectivity index (χ3n) is 4.42. The lowest BCUT2D eigenvalue weighted by Crippen LogP contribution is -2.32. The molecule has 1 aliphatic rings. The molecule has 6 nitrogen and oxygen atoms in total. The van der Waals surface area contributed by atoms with Crippen molar-refractivity contribution in [1.82, 2.24) is 4.72 Å². The summed E-state index contributed by atoms with van der Waals surface area (Å²) in [4.78, 5) is 11.8. The van der Waals surface area contributed by atoms with Gasteiger partial charge in [-0.3, -0.25) is 0 Å². The van der Waals surface area contributed by atoms with Crippen molar-refractivity contribution in [2.75, 3.05) is 12.8 Å². The number of carbonyl (C=O) groups excluding carboxylic acids is 1. The maximum Gasteiger partial charge on any atom is 0.339 e. The van der Waals surface area contributed by atoms with Gasteiger partial charge in [0.2, 0.25) is 10.0 Å². The quantitative estimate of drug-likeness (QED) is 0.613. The Bertz CT molecular complexity index is 960. The van der Waals surface area contributed by atoms with Gasteiger partial charge in [0, 0.05) is 16.8 Å². The molecule has 3 rings (SSSR count). The van der Waals surface area contributed by atoms with Gasteiger partial charge in [0.1, 0.15) is 0 Å². The molecule has 138 valence electrons. The van der Waals surface area contributed by atoms with Crippen molar-refractivity contribution >= 4 is 33.3 Å². The number of ether oxygens (including phenoxy) is 1. The van der Waals surface area contributed by atoms with E-state index in [1.807, 2.05) is 12.1 Å². The van der Waals surface area contributed by atoms with Gasteiger partial charge in [-0.1, -0.05) is 17.7 Å². The molecule has 0 saturated heterocycles. The minimum Gasteiger partial charge on any atom is -0.465 e. The first-order valence-corrected chi connectivity index (χ1v) is 9.96. The number of benzene rings is 2. The molecule has 2 aromatic carbocycles. The number of carbonyl (C=O) groups is 1. The highest BCUT2D eigenvalue weighted by Crippen LogP contribution is 2.33. The number of methoxy groups -OCH3 is 1. The standard InChI is InChI=1S/C18H19ClN2O4S/c1-25-18(22)15-7-5-12(19)10-17(15)26(23,24)21-16-4-2-3-11-9-13(20)6-8-14(11)16/h5-10,16,21H,2-4,20H2,1H3. The van der Waals surface area contributed by atoms with Crippen molar-refractivity contribution < 1.29 is 17.9 Å². The second-order valence-corrected chi connectivity index (χ2v) is 8.28. The fourth-order valence-electron chi connectivity index (χ4n) is 3.20. The van der Waals surface area contributed by atoms with E-state index in [-0.39, 0.29) is 15.5 Å². The van der Waals surface area contributed by atoms with Crippen LogP contribution in [0, 0.1) is 0 Å². The second kappa shape index (κ2) is 7.26. The number of rotatable bonds is 4. The number of fused-ring (bicyclic) bond motifs is 1. The molecule has 1 atom stereocenters. The topological polar surface area (TPSA) is 98.5 Å². The minimum atomic E-state index is -3.99. The Kier molecular flexibility index (Phi) is 5.22. The normalized spacial score (nSPS) is 16.8. The molecule has 3 N–H and O–H groups in total. The molecular formula is C18H19ClN2O4S. The molecule has 8 heteroatoms. The summed E-state index contributed by atoms with van der Waals surface area (Å²) in [5.41, 5.74) is 8.35. The number of nitrogen functional groups attached to an aromatic ring is 1. The zero-order valence-corrected chi connectivity index (χ0v) is 15.7. The number of nitrogens with one attached hydrogen (secondary N) is 1. The third-order valence-corrected chi connectivity index (χ3v) is 6.16. The van der Waals surface area contributed by atoms with Crippen LogP contribution in [0.4, 0.5) is 5.69 Å². The van der Waals surface area contributed by atoms with Gasteiger partial charge >= 0.3 is 5.97 Å². The van der Waals surface area contributed by atoms with Crippen LogP contribution in [0.2, 0.25) is 5.02 Å². The maximum absolute atomic E-state index is 13.0. The van der Waals surface area contributed by atoms with Crippen LogP contribution in [0.1, 0.15) is 40.4 Å². The average Bonchev–Trinajstić information content (AvgIpc) is 2.60. The van der Waals surface area contributed by atoms with Crippen molar-refractivity contribution in [3.05, 3.63) is 58.1 Å². The van der Waals surface area contributed by atoms with Crippen LogP contribution in [0.5, 0.6) is 0 Å². The molecule has 0 spiro atoms. The Labute approximate surface area is 157 Å². The largest absolute Gasteiger partial charge is 0.465 e. The van der Waals surface area contributed by atoms with Gasteiger partial charge in [-0.25, -0.2) is 17.9 Å². The van der Waals surface area contributed by atoms with Gasteiger partial charge in [-0.05, 0) is 60.7 Å². The number of esters is 1. The zero-order valence-electron chi connectivity index (χ0n) is 14.2. The lowest BCUT2D eigenvalue weighted by atomic mass is 9.88. The van der Waals surface area contributed by atoms with Crippen LogP contribution in [0.15, 0.2) is 41.3 Å². The fourth-order valence-corrected chi connectivity index (χ4v) is 4.91. The molecule has 0 amide bonds. The van der Waals surface area contributed by atoms with Crippen LogP contribution in [0.25, 0.3) is 0 Å². The maximum atomic E-state index is 13.0. The van der Waals surface area contributed by atoms with Gasteiger partial charge in [-0.15, -0.1) is 0 Å². The van der Waals surface area contributed by atoms with E-state index < -0.39 is 22.0 Å². The molecule has 2 aromatic rings. The molecule has 0 fully saturated rings. The molecule has 0 aromatic heterocycles. The SMILES string of the molecule is COC(=O)c1ccc(Cl)cc1S(=O)(=O)NC1CCCc2cc(N)ccc21. The first kappa shape index (κ1) is 18.7. The number of sulfonamides is 1. The minimum absolute atomic E-state index is 0.0576. The predicted octanol–water partition coefficient (Wildman–Crippen LogP) is 3.06. The van der Waals surface area contributed by atoms with Gasteiger partial charge in [0.15, 0.2) is 0 Å². The van der Waals surface area contributed by atoms with E-state index in [2.05, 4.69) is 9.46 Å². The van der Waals surface area contributed by atoms with Crippen molar-refractivity contribution in [3.63, 3.8) is 0 Å². The molecule has 1 unspecified atom stereocenters. The van der Waals surface area contributed by atoms with Crippen LogP contribution in [0.3, 0.4) is 0 Å². The second-order valence-electron chi connectivity index (χ2n) is 6.16. The Balaban J connectivity index is 1.99. The molecular weight excluding hydrogens is 376 g/mol. The summed E-state index contributed by atoms with van der Waals surface area (Å²) in [6.45, 7) is 0. The fraction of sp³-hybridized carbons (Fsp3) is 0.278. The highest BCUT2D eigenvalue weighted by Gasteiger charge is 2.29. The number of aryl methyl sites for hydroxylation is 1. The molecule has 0 bridgehead atoms. The predicted molar refractivity (Wildman–Crippen MR) is 99.6 cm³/mol. The van der Waals surface area contributed by atoms with Crippen molar-refractivity contribution in [2.24, 2.45) is 0 Å². The smallest absolute Gasteiger partial charge is 0.339 e. The van der Waals surface area contributed by atoms with Crippen LogP contribution in [-0.2, 0) is 21.2 Å². The van der Waals surface area contributed by atoms with Crippen LogP contribution < -0.4 is 10.5 Å². The summed E-state index contributed by atoms with van der Waals surface area (Å²) in [5, 5.41) is 0.217. The Morgan fingerprint density at radius 3 is 2.77 bits per heavy atom. The number of halogens is 1. The van der Waals surface area contributed by atoms with Crippen LogP contribution in [-0.4, -0.2) is 21.5 Å². The molecule has 26 heavy (non-hydrogen) atoms. The summed E-state index contributed by atoms with van der Waals surface area (Å²) < 4.78 is 33.3. The number of hydrogen-bond acceptors (Lipinski definition) is 5. The summed E-state index contributed by atoms with van der Waals surface area (Å²) in [6, 6.07) is 9.12. The van der Waals surface area contributed by atoms with E-state index in [9.17, 15) is 13.2 Å². The van der Waals surface area contributed by atoms with Gasteiger partial charge in [0.25, 0.3) is 0 Å². The van der Waals surface area contributed by atoms with Gasteiger partial charge in [0.05, 0.1) is 17.6 Å². The summed E-state index contributed by atoms with van der Waals surface area (Å²) in [5.74, 6) is -0.737. The Morgan fingerprint density at radius 2 is 2.04 bits per heavy atom. The Morgan fingerprint density at radius 1 is 1.27 bits per heavy atom.